The highest BCUT2D eigenvalue weighted by Crippen LogP contribution is 2.57. The number of rotatable bonds is 4. The molecule has 3 amide bonds. The SMILES string of the molecule is COC(=O)C[C@@]12C(=O)NCCN1[C@@H](c1ccc(C)cc1)[C@@H]1C(=O)N(c3ccccc3)C(=O)[C@@H]12. The first kappa shape index (κ1) is 21.3. The number of aryl methyl sites for hydroxylation is 1. The van der Waals surface area contributed by atoms with Crippen LogP contribution in [0.5, 0.6) is 0 Å². The van der Waals surface area contributed by atoms with Crippen LogP contribution in [0.2, 0.25) is 0 Å². The molecule has 33 heavy (non-hydrogen) atoms. The number of imide groups is 1. The number of fused-ring (bicyclic) bond motifs is 3. The number of carbonyl (C=O) groups excluding carboxylic acids is 4. The van der Waals surface area contributed by atoms with Crippen molar-refractivity contribution in [2.75, 3.05) is 25.1 Å². The summed E-state index contributed by atoms with van der Waals surface area (Å²) in [6.07, 6.45) is -0.305. The number of benzene rings is 2. The number of anilines is 1. The first-order chi connectivity index (χ1) is 15.9. The van der Waals surface area contributed by atoms with Crippen LogP contribution in [0.4, 0.5) is 5.69 Å². The Bertz CT molecular complexity index is 1130. The molecule has 8 nitrogen and oxygen atoms in total. The van der Waals surface area contributed by atoms with E-state index >= 15 is 0 Å². The number of hydrogen-bond donors (Lipinski definition) is 1. The fourth-order valence-corrected chi connectivity index (χ4v) is 5.75. The largest absolute Gasteiger partial charge is 0.469 e. The van der Waals surface area contributed by atoms with Crippen molar-refractivity contribution in [3.8, 4) is 0 Å². The number of methoxy groups -OCH3 is 1. The molecule has 5 rings (SSSR count). The van der Waals surface area contributed by atoms with E-state index in [1.54, 1.807) is 30.3 Å². The molecule has 0 saturated carbocycles. The van der Waals surface area contributed by atoms with E-state index in [4.69, 9.17) is 4.74 Å². The molecule has 3 heterocycles. The topological polar surface area (TPSA) is 96.0 Å². The number of ether oxygens (including phenoxy) is 1. The van der Waals surface area contributed by atoms with Crippen LogP contribution >= 0.6 is 0 Å². The van der Waals surface area contributed by atoms with Crippen molar-refractivity contribution in [2.24, 2.45) is 11.8 Å². The number of esters is 1. The Kier molecular flexibility index (Phi) is 5.05. The van der Waals surface area contributed by atoms with E-state index in [-0.39, 0.29) is 12.3 Å². The zero-order valence-corrected chi connectivity index (χ0v) is 18.5. The standard InChI is InChI=1S/C25H25N3O5/c1-15-8-10-16(11-9-15)21-19-20(23(31)28(22(19)30)17-6-4-3-5-7-17)25(14-18(29)33-2)24(32)26-12-13-27(21)25/h3-11,19-21H,12-14H2,1-2H3,(H,26,32)/t19-,20-,21+,25-/m1/s1. The summed E-state index contributed by atoms with van der Waals surface area (Å²) < 4.78 is 4.93. The molecular weight excluding hydrogens is 422 g/mol. The van der Waals surface area contributed by atoms with Gasteiger partial charge in [-0.05, 0) is 24.6 Å². The molecule has 170 valence electrons. The molecular formula is C25H25N3O5. The Hall–Kier alpha value is -3.52. The Morgan fingerprint density at radius 3 is 2.42 bits per heavy atom. The highest BCUT2D eigenvalue weighted by atomic mass is 16.5. The van der Waals surface area contributed by atoms with Crippen molar-refractivity contribution >= 4 is 29.4 Å². The maximum atomic E-state index is 13.9. The zero-order chi connectivity index (χ0) is 23.3. The lowest BCUT2D eigenvalue weighted by molar-refractivity contribution is -0.154. The second-order valence-corrected chi connectivity index (χ2v) is 8.83. The van der Waals surface area contributed by atoms with Gasteiger partial charge in [-0.15, -0.1) is 0 Å². The Morgan fingerprint density at radius 1 is 1.06 bits per heavy atom. The summed E-state index contributed by atoms with van der Waals surface area (Å²) in [7, 11) is 1.26. The maximum absolute atomic E-state index is 13.9. The van der Waals surface area contributed by atoms with Crippen LogP contribution in [0, 0.1) is 18.8 Å². The van der Waals surface area contributed by atoms with Gasteiger partial charge in [0.1, 0.15) is 5.54 Å². The summed E-state index contributed by atoms with van der Waals surface area (Å²) in [4.78, 5) is 56.8. The lowest BCUT2D eigenvalue weighted by Crippen LogP contribution is -2.67. The first-order valence-corrected chi connectivity index (χ1v) is 11.0. The van der Waals surface area contributed by atoms with Crippen molar-refractivity contribution in [2.45, 2.75) is 24.9 Å². The van der Waals surface area contributed by atoms with E-state index in [9.17, 15) is 19.2 Å². The number of carbonyl (C=O) groups is 4. The monoisotopic (exact) mass is 447 g/mol. The third kappa shape index (κ3) is 3.01. The van der Waals surface area contributed by atoms with Gasteiger partial charge in [-0.3, -0.25) is 24.1 Å². The van der Waals surface area contributed by atoms with E-state index in [2.05, 4.69) is 5.32 Å². The van der Waals surface area contributed by atoms with E-state index in [0.717, 1.165) is 11.1 Å². The maximum Gasteiger partial charge on any atom is 0.307 e. The van der Waals surface area contributed by atoms with Crippen LogP contribution in [0.25, 0.3) is 0 Å². The van der Waals surface area contributed by atoms with Gasteiger partial charge in [-0.25, -0.2) is 4.90 Å². The highest BCUT2D eigenvalue weighted by molar-refractivity contribution is 6.24. The van der Waals surface area contributed by atoms with Gasteiger partial charge in [0, 0.05) is 19.1 Å². The Balaban J connectivity index is 1.71. The smallest absolute Gasteiger partial charge is 0.307 e. The fraction of sp³-hybridized carbons (Fsp3) is 0.360. The lowest BCUT2D eigenvalue weighted by atomic mass is 9.76. The third-order valence-corrected chi connectivity index (χ3v) is 7.16. The minimum atomic E-state index is -1.50. The third-order valence-electron chi connectivity index (χ3n) is 7.16. The summed E-state index contributed by atoms with van der Waals surface area (Å²) in [5.41, 5.74) is 0.862. The predicted molar refractivity (Wildman–Crippen MR) is 119 cm³/mol. The summed E-state index contributed by atoms with van der Waals surface area (Å²) >= 11 is 0. The van der Waals surface area contributed by atoms with E-state index in [1.165, 1.54) is 12.0 Å². The number of piperazine rings is 1. The summed E-state index contributed by atoms with van der Waals surface area (Å²) in [6, 6.07) is 16.0. The molecule has 0 spiro atoms. The molecule has 3 aliphatic heterocycles. The van der Waals surface area contributed by atoms with Crippen molar-refractivity contribution in [3.05, 3.63) is 65.7 Å². The molecule has 1 N–H and O–H groups in total. The van der Waals surface area contributed by atoms with Crippen molar-refractivity contribution in [1.82, 2.24) is 10.2 Å². The lowest BCUT2D eigenvalue weighted by Gasteiger charge is -2.45. The molecule has 3 fully saturated rings. The normalized spacial score (nSPS) is 29.0. The number of hydrogen-bond acceptors (Lipinski definition) is 6. The first-order valence-electron chi connectivity index (χ1n) is 11.0. The second kappa shape index (κ2) is 7.81. The molecule has 2 aromatic carbocycles. The highest BCUT2D eigenvalue weighted by Gasteiger charge is 2.73. The van der Waals surface area contributed by atoms with Gasteiger partial charge >= 0.3 is 5.97 Å². The fourth-order valence-electron chi connectivity index (χ4n) is 5.75. The van der Waals surface area contributed by atoms with Gasteiger partial charge in [0.25, 0.3) is 0 Å². The van der Waals surface area contributed by atoms with Crippen molar-refractivity contribution in [1.29, 1.82) is 0 Å². The molecule has 0 radical (unpaired) electrons. The number of nitrogens with zero attached hydrogens (tertiary/aromatic N) is 2. The van der Waals surface area contributed by atoms with Gasteiger partial charge in [0.2, 0.25) is 17.7 Å². The molecule has 3 saturated heterocycles. The van der Waals surface area contributed by atoms with Gasteiger partial charge in [-0.2, -0.15) is 0 Å². The molecule has 0 bridgehead atoms. The van der Waals surface area contributed by atoms with E-state index < -0.39 is 41.2 Å². The zero-order valence-electron chi connectivity index (χ0n) is 18.5. The van der Waals surface area contributed by atoms with E-state index in [1.807, 2.05) is 36.1 Å². The summed E-state index contributed by atoms with van der Waals surface area (Å²) in [5.74, 6) is -3.63. The van der Waals surface area contributed by atoms with Gasteiger partial charge < -0.3 is 10.1 Å². The van der Waals surface area contributed by atoms with Crippen LogP contribution < -0.4 is 10.2 Å². The number of nitrogens with one attached hydrogen (secondary N) is 1. The average Bonchev–Trinajstić information content (AvgIpc) is 3.26. The summed E-state index contributed by atoms with van der Waals surface area (Å²) in [6.45, 7) is 2.76. The molecule has 0 aromatic heterocycles. The van der Waals surface area contributed by atoms with Gasteiger partial charge in [0.15, 0.2) is 0 Å². The molecule has 8 heteroatoms. The number of para-hydroxylation sites is 1. The number of amides is 3. The molecule has 2 aromatic rings. The Morgan fingerprint density at radius 2 is 1.76 bits per heavy atom. The molecule has 3 aliphatic rings. The minimum Gasteiger partial charge on any atom is -0.469 e. The van der Waals surface area contributed by atoms with E-state index in [0.29, 0.717) is 18.8 Å². The average molecular weight is 447 g/mol. The molecule has 4 atom stereocenters. The van der Waals surface area contributed by atoms with Crippen LogP contribution in [-0.4, -0.2) is 54.3 Å². The van der Waals surface area contributed by atoms with Gasteiger partial charge in [0.05, 0.1) is 31.1 Å². The molecule has 0 aliphatic carbocycles. The van der Waals surface area contributed by atoms with Gasteiger partial charge in [-0.1, -0.05) is 48.0 Å². The van der Waals surface area contributed by atoms with Crippen molar-refractivity contribution < 1.29 is 23.9 Å². The second-order valence-electron chi connectivity index (χ2n) is 8.83. The minimum absolute atomic E-state index is 0.305. The van der Waals surface area contributed by atoms with Crippen LogP contribution in [-0.2, 0) is 23.9 Å². The Labute approximate surface area is 191 Å². The van der Waals surface area contributed by atoms with Crippen molar-refractivity contribution in [3.63, 3.8) is 0 Å². The van der Waals surface area contributed by atoms with Crippen LogP contribution in [0.3, 0.4) is 0 Å². The summed E-state index contributed by atoms with van der Waals surface area (Å²) in [5, 5.41) is 2.84. The quantitative estimate of drug-likeness (QED) is 0.565. The predicted octanol–water partition coefficient (Wildman–Crippen LogP) is 1.59. The molecule has 0 unspecified atom stereocenters. The van der Waals surface area contributed by atoms with Crippen LogP contribution in [0.1, 0.15) is 23.6 Å². The van der Waals surface area contributed by atoms with Crippen LogP contribution in [0.15, 0.2) is 54.6 Å².